The van der Waals surface area contributed by atoms with Gasteiger partial charge in [0, 0.05) is 37.2 Å². The topological polar surface area (TPSA) is 58.6 Å². The van der Waals surface area contributed by atoms with Crippen molar-refractivity contribution in [2.24, 2.45) is 0 Å². The highest BCUT2D eigenvalue weighted by molar-refractivity contribution is 5.94. The Morgan fingerprint density at radius 2 is 1.77 bits per heavy atom. The molecule has 4 rings (SSSR count). The van der Waals surface area contributed by atoms with Crippen molar-refractivity contribution >= 4 is 11.7 Å². The van der Waals surface area contributed by atoms with Crippen molar-refractivity contribution in [2.75, 3.05) is 37.7 Å². The third-order valence-corrected chi connectivity index (χ3v) is 5.05. The highest BCUT2D eigenvalue weighted by atomic mass is 16.5. The average molecular weight is 352 g/mol. The molecule has 1 fully saturated rings. The van der Waals surface area contributed by atoms with Gasteiger partial charge in [-0.05, 0) is 26.0 Å². The van der Waals surface area contributed by atoms with E-state index in [0.717, 1.165) is 53.5 Å². The van der Waals surface area contributed by atoms with E-state index in [1.807, 2.05) is 43.0 Å². The van der Waals surface area contributed by atoms with Crippen LogP contribution in [0, 0.1) is 13.8 Å². The van der Waals surface area contributed by atoms with E-state index >= 15 is 0 Å². The Morgan fingerprint density at radius 1 is 1.04 bits per heavy atom. The molecule has 1 saturated heterocycles. The number of anilines is 1. The normalized spacial score (nSPS) is 17.2. The fourth-order valence-electron chi connectivity index (χ4n) is 3.61. The third-order valence-electron chi connectivity index (χ3n) is 5.05. The lowest BCUT2D eigenvalue weighted by molar-refractivity contribution is 0.0733. The number of hydrogen-bond acceptors (Lipinski definition) is 5. The molecule has 0 N–H and O–H groups in total. The second-order valence-corrected chi connectivity index (χ2v) is 6.96. The largest absolute Gasteiger partial charge is 0.378 e. The Labute approximate surface area is 153 Å². The predicted molar refractivity (Wildman–Crippen MR) is 99.4 cm³/mol. The molecule has 0 atom stereocenters. The fraction of sp³-hybridized carbons (Fsp3) is 0.450. The first kappa shape index (κ1) is 17.0. The van der Waals surface area contributed by atoms with Crippen LogP contribution in [0.1, 0.15) is 33.0 Å². The zero-order valence-electron chi connectivity index (χ0n) is 15.4. The number of aryl methyl sites for hydroxylation is 2. The van der Waals surface area contributed by atoms with Crippen molar-refractivity contribution in [1.29, 1.82) is 0 Å². The molecule has 0 unspecified atom stereocenters. The third kappa shape index (κ3) is 3.29. The van der Waals surface area contributed by atoms with Crippen LogP contribution in [0.3, 0.4) is 0 Å². The van der Waals surface area contributed by atoms with Crippen molar-refractivity contribution < 1.29 is 9.53 Å². The first-order valence-electron chi connectivity index (χ1n) is 9.17. The second kappa shape index (κ2) is 7.03. The van der Waals surface area contributed by atoms with Gasteiger partial charge in [-0.3, -0.25) is 4.79 Å². The molecule has 136 valence electrons. The first-order chi connectivity index (χ1) is 12.6. The van der Waals surface area contributed by atoms with Gasteiger partial charge in [0.15, 0.2) is 0 Å². The summed E-state index contributed by atoms with van der Waals surface area (Å²) in [5.41, 5.74) is 4.06. The summed E-state index contributed by atoms with van der Waals surface area (Å²) in [5.74, 6) is 1.84. The molecule has 6 heteroatoms. The Bertz CT molecular complexity index is 813. The number of aromatic nitrogens is 2. The van der Waals surface area contributed by atoms with Crippen LogP contribution in [0.4, 0.5) is 5.82 Å². The summed E-state index contributed by atoms with van der Waals surface area (Å²) < 4.78 is 5.47. The van der Waals surface area contributed by atoms with E-state index < -0.39 is 0 Å². The van der Waals surface area contributed by atoms with Gasteiger partial charge in [-0.1, -0.05) is 17.7 Å². The molecule has 3 heterocycles. The lowest BCUT2D eigenvalue weighted by atomic mass is 10.0. The minimum atomic E-state index is 0.0733. The molecule has 26 heavy (non-hydrogen) atoms. The van der Waals surface area contributed by atoms with Crippen LogP contribution >= 0.6 is 0 Å². The van der Waals surface area contributed by atoms with Crippen LogP contribution in [0.5, 0.6) is 0 Å². The van der Waals surface area contributed by atoms with Gasteiger partial charge in [-0.2, -0.15) is 0 Å². The van der Waals surface area contributed by atoms with Gasteiger partial charge >= 0.3 is 0 Å². The van der Waals surface area contributed by atoms with Gasteiger partial charge in [0.2, 0.25) is 0 Å². The van der Waals surface area contributed by atoms with Crippen LogP contribution in [0.2, 0.25) is 0 Å². The maximum absolute atomic E-state index is 12.9. The van der Waals surface area contributed by atoms with Gasteiger partial charge in [-0.25, -0.2) is 9.97 Å². The summed E-state index contributed by atoms with van der Waals surface area (Å²) >= 11 is 0. The number of carbonyl (C=O) groups is 1. The number of morpholine rings is 1. The number of nitrogens with zero attached hydrogens (tertiary/aromatic N) is 4. The predicted octanol–water partition coefficient (Wildman–Crippen LogP) is 2.13. The van der Waals surface area contributed by atoms with Gasteiger partial charge in [0.1, 0.15) is 11.6 Å². The number of hydrogen-bond donors (Lipinski definition) is 0. The lowest BCUT2D eigenvalue weighted by Crippen LogP contribution is -2.41. The van der Waals surface area contributed by atoms with Gasteiger partial charge in [-0.15, -0.1) is 0 Å². The number of ether oxygens (including phenoxy) is 1. The SMILES string of the molecule is Cc1ccc(C(=O)N2CCc3nc(C)nc(N4CCOCC4)c3C2)cc1. The van der Waals surface area contributed by atoms with Crippen molar-refractivity contribution in [1.82, 2.24) is 14.9 Å². The smallest absolute Gasteiger partial charge is 0.254 e. The summed E-state index contributed by atoms with van der Waals surface area (Å²) in [5, 5.41) is 0. The summed E-state index contributed by atoms with van der Waals surface area (Å²) in [6.07, 6.45) is 0.771. The van der Waals surface area contributed by atoms with Crippen molar-refractivity contribution in [3.63, 3.8) is 0 Å². The molecule has 1 aromatic carbocycles. The molecule has 2 aromatic rings. The molecule has 0 radical (unpaired) electrons. The molecule has 1 amide bonds. The zero-order valence-corrected chi connectivity index (χ0v) is 15.4. The fourth-order valence-corrected chi connectivity index (χ4v) is 3.61. The van der Waals surface area contributed by atoms with Crippen LogP contribution in [-0.4, -0.2) is 53.6 Å². The monoisotopic (exact) mass is 352 g/mol. The summed E-state index contributed by atoms with van der Waals surface area (Å²) in [7, 11) is 0. The molecular weight excluding hydrogens is 328 g/mol. The van der Waals surface area contributed by atoms with E-state index in [0.29, 0.717) is 26.3 Å². The second-order valence-electron chi connectivity index (χ2n) is 6.96. The zero-order chi connectivity index (χ0) is 18.1. The highest BCUT2D eigenvalue weighted by Gasteiger charge is 2.28. The van der Waals surface area contributed by atoms with E-state index in [1.165, 1.54) is 0 Å². The van der Waals surface area contributed by atoms with E-state index in [1.54, 1.807) is 0 Å². The Hall–Kier alpha value is -2.47. The number of amides is 1. The van der Waals surface area contributed by atoms with Crippen LogP contribution in [-0.2, 0) is 17.7 Å². The maximum atomic E-state index is 12.9. The van der Waals surface area contributed by atoms with Crippen LogP contribution in [0.15, 0.2) is 24.3 Å². The molecule has 0 bridgehead atoms. The van der Waals surface area contributed by atoms with Gasteiger partial charge < -0.3 is 14.5 Å². The van der Waals surface area contributed by atoms with E-state index in [4.69, 9.17) is 9.72 Å². The van der Waals surface area contributed by atoms with Crippen molar-refractivity contribution in [3.05, 3.63) is 52.5 Å². The summed E-state index contributed by atoms with van der Waals surface area (Å²) in [4.78, 5) is 26.4. The molecule has 0 saturated carbocycles. The summed E-state index contributed by atoms with van der Waals surface area (Å²) in [6.45, 7) is 8.30. The number of benzene rings is 1. The molecule has 2 aliphatic rings. The van der Waals surface area contributed by atoms with Crippen molar-refractivity contribution in [2.45, 2.75) is 26.8 Å². The van der Waals surface area contributed by atoms with Gasteiger partial charge in [0.25, 0.3) is 5.91 Å². The van der Waals surface area contributed by atoms with Crippen LogP contribution < -0.4 is 4.90 Å². The van der Waals surface area contributed by atoms with E-state index in [9.17, 15) is 4.79 Å². The lowest BCUT2D eigenvalue weighted by Gasteiger charge is -2.34. The molecule has 2 aliphatic heterocycles. The molecule has 1 aromatic heterocycles. The average Bonchev–Trinajstić information content (AvgIpc) is 2.68. The molecule has 0 spiro atoms. The van der Waals surface area contributed by atoms with Crippen LogP contribution in [0.25, 0.3) is 0 Å². The first-order valence-corrected chi connectivity index (χ1v) is 9.17. The van der Waals surface area contributed by atoms with Crippen molar-refractivity contribution in [3.8, 4) is 0 Å². The number of fused-ring (bicyclic) bond motifs is 1. The quantitative estimate of drug-likeness (QED) is 0.829. The Kier molecular flexibility index (Phi) is 4.59. The minimum absolute atomic E-state index is 0.0733. The molecular formula is C20H24N4O2. The molecule has 6 nitrogen and oxygen atoms in total. The van der Waals surface area contributed by atoms with E-state index in [-0.39, 0.29) is 5.91 Å². The maximum Gasteiger partial charge on any atom is 0.254 e. The summed E-state index contributed by atoms with van der Waals surface area (Å²) in [6, 6.07) is 7.77. The highest BCUT2D eigenvalue weighted by Crippen LogP contribution is 2.28. The Morgan fingerprint density at radius 3 is 2.50 bits per heavy atom. The Balaban J connectivity index is 1.62. The molecule has 0 aliphatic carbocycles. The minimum Gasteiger partial charge on any atom is -0.378 e. The van der Waals surface area contributed by atoms with E-state index in [2.05, 4.69) is 9.88 Å². The number of rotatable bonds is 2. The van der Waals surface area contributed by atoms with Gasteiger partial charge in [0.05, 0.1) is 25.5 Å². The standard InChI is InChI=1S/C20H24N4O2/c1-14-3-5-16(6-4-14)20(25)24-8-7-18-17(13-24)19(22-15(2)21-18)23-9-11-26-12-10-23/h3-6H,7-13H2,1-2H3. The number of carbonyl (C=O) groups excluding carboxylic acids is 1.